The molecule has 34 heavy (non-hydrogen) atoms. The second-order valence-electron chi connectivity index (χ2n) is 9.83. The van der Waals surface area contributed by atoms with Gasteiger partial charge in [-0.2, -0.15) is 4.31 Å². The SMILES string of the molecule is CCOCCC1CCN(S(=O)(=O)c2ccc(-c3ccc(CCN4CCC[C@H]4C)cc3)cc2)CC1. The van der Waals surface area contributed by atoms with Crippen LogP contribution in [0.2, 0.25) is 0 Å². The number of hydrogen-bond donors (Lipinski definition) is 0. The molecule has 0 unspecified atom stereocenters. The molecule has 0 aromatic heterocycles. The summed E-state index contributed by atoms with van der Waals surface area (Å²) in [4.78, 5) is 2.97. The average molecular weight is 485 g/mol. The molecular formula is C28H40N2O3S. The van der Waals surface area contributed by atoms with Crippen LogP contribution in [0.5, 0.6) is 0 Å². The molecule has 0 amide bonds. The monoisotopic (exact) mass is 484 g/mol. The van der Waals surface area contributed by atoms with Crippen molar-refractivity contribution in [3.8, 4) is 11.1 Å². The van der Waals surface area contributed by atoms with E-state index in [0.29, 0.717) is 29.9 Å². The summed E-state index contributed by atoms with van der Waals surface area (Å²) in [7, 11) is -3.44. The lowest BCUT2D eigenvalue weighted by molar-refractivity contribution is 0.121. The number of sulfonamides is 1. The van der Waals surface area contributed by atoms with Crippen molar-refractivity contribution in [1.29, 1.82) is 0 Å². The van der Waals surface area contributed by atoms with Crippen molar-refractivity contribution in [3.05, 3.63) is 54.1 Å². The van der Waals surface area contributed by atoms with Crippen molar-refractivity contribution in [2.75, 3.05) is 39.4 Å². The van der Waals surface area contributed by atoms with Gasteiger partial charge in [0.05, 0.1) is 4.90 Å². The van der Waals surface area contributed by atoms with E-state index in [9.17, 15) is 8.42 Å². The number of rotatable bonds is 10. The maximum absolute atomic E-state index is 13.1. The lowest BCUT2D eigenvalue weighted by atomic mass is 9.95. The van der Waals surface area contributed by atoms with Crippen LogP contribution in [0.1, 0.15) is 51.5 Å². The molecule has 6 heteroatoms. The summed E-state index contributed by atoms with van der Waals surface area (Å²) >= 11 is 0. The Morgan fingerprint density at radius 3 is 2.15 bits per heavy atom. The standard InChI is InChI=1S/C28H40N2O3S/c1-3-33-22-17-25-15-20-30(21-16-25)34(31,32)28-12-10-27(11-13-28)26-8-6-24(7-9-26)14-19-29-18-4-5-23(29)2/h6-13,23,25H,3-5,14-22H2,1-2H3/t23-/m1/s1. The summed E-state index contributed by atoms with van der Waals surface area (Å²) in [5, 5.41) is 0. The van der Waals surface area contributed by atoms with Crippen molar-refractivity contribution >= 4 is 10.0 Å². The number of ether oxygens (including phenoxy) is 1. The quantitative estimate of drug-likeness (QED) is 0.435. The van der Waals surface area contributed by atoms with Crippen LogP contribution in [-0.4, -0.2) is 63.1 Å². The van der Waals surface area contributed by atoms with E-state index in [1.165, 1.54) is 24.9 Å². The molecular weight excluding hydrogens is 444 g/mol. The molecule has 0 saturated carbocycles. The van der Waals surface area contributed by atoms with Gasteiger partial charge in [-0.25, -0.2) is 8.42 Å². The molecule has 2 heterocycles. The molecule has 4 rings (SSSR count). The minimum Gasteiger partial charge on any atom is -0.382 e. The molecule has 2 saturated heterocycles. The summed E-state index contributed by atoms with van der Waals surface area (Å²) in [6.45, 7) is 9.38. The predicted molar refractivity (Wildman–Crippen MR) is 138 cm³/mol. The van der Waals surface area contributed by atoms with E-state index >= 15 is 0 Å². The Morgan fingerprint density at radius 1 is 0.912 bits per heavy atom. The van der Waals surface area contributed by atoms with Crippen molar-refractivity contribution in [3.63, 3.8) is 0 Å². The Bertz CT molecular complexity index is 997. The highest BCUT2D eigenvalue weighted by molar-refractivity contribution is 7.89. The Labute approximate surface area is 206 Å². The summed E-state index contributed by atoms with van der Waals surface area (Å²) in [6, 6.07) is 16.8. The van der Waals surface area contributed by atoms with Gasteiger partial charge < -0.3 is 9.64 Å². The molecule has 2 aromatic rings. The zero-order valence-corrected chi connectivity index (χ0v) is 21.6. The summed E-state index contributed by atoms with van der Waals surface area (Å²) in [5.74, 6) is 0.557. The highest BCUT2D eigenvalue weighted by Crippen LogP contribution is 2.28. The molecule has 186 valence electrons. The first-order chi connectivity index (χ1) is 16.5. The van der Waals surface area contributed by atoms with E-state index in [0.717, 1.165) is 56.6 Å². The Hall–Kier alpha value is -1.73. The first-order valence-electron chi connectivity index (χ1n) is 13.0. The maximum atomic E-state index is 13.1. The number of nitrogens with zero attached hydrogens (tertiary/aromatic N) is 2. The summed E-state index contributed by atoms with van der Waals surface area (Å²) in [5.41, 5.74) is 3.53. The van der Waals surface area contributed by atoms with Crippen LogP contribution in [0.15, 0.2) is 53.4 Å². The zero-order valence-electron chi connectivity index (χ0n) is 20.8. The molecule has 2 aromatic carbocycles. The fourth-order valence-electron chi connectivity index (χ4n) is 5.26. The predicted octanol–water partition coefficient (Wildman–Crippen LogP) is 5.21. The smallest absolute Gasteiger partial charge is 0.243 e. The van der Waals surface area contributed by atoms with Gasteiger partial charge in [0.1, 0.15) is 0 Å². The van der Waals surface area contributed by atoms with Gasteiger partial charge >= 0.3 is 0 Å². The van der Waals surface area contributed by atoms with Crippen LogP contribution < -0.4 is 0 Å². The fraction of sp³-hybridized carbons (Fsp3) is 0.571. The maximum Gasteiger partial charge on any atom is 0.243 e. The number of benzene rings is 2. The molecule has 0 radical (unpaired) electrons. The highest BCUT2D eigenvalue weighted by atomic mass is 32.2. The normalized spacial score (nSPS) is 20.7. The van der Waals surface area contributed by atoms with Crippen LogP contribution in [-0.2, 0) is 21.2 Å². The van der Waals surface area contributed by atoms with Gasteiger partial charge in [0.2, 0.25) is 10.0 Å². The second-order valence-corrected chi connectivity index (χ2v) is 11.8. The second kappa shape index (κ2) is 11.8. The number of hydrogen-bond acceptors (Lipinski definition) is 4. The molecule has 1 atom stereocenters. The van der Waals surface area contributed by atoms with E-state index in [4.69, 9.17) is 4.74 Å². The molecule has 2 fully saturated rings. The molecule has 2 aliphatic rings. The zero-order chi connectivity index (χ0) is 24.0. The minimum atomic E-state index is -3.44. The highest BCUT2D eigenvalue weighted by Gasteiger charge is 2.29. The first kappa shape index (κ1) is 25.4. The van der Waals surface area contributed by atoms with E-state index in [2.05, 4.69) is 36.1 Å². The largest absolute Gasteiger partial charge is 0.382 e. The van der Waals surface area contributed by atoms with Crippen LogP contribution in [0.25, 0.3) is 11.1 Å². The topological polar surface area (TPSA) is 49.9 Å². The van der Waals surface area contributed by atoms with Gasteiger partial charge in [-0.05, 0) is 93.7 Å². The average Bonchev–Trinajstić information content (AvgIpc) is 3.28. The lowest BCUT2D eigenvalue weighted by Crippen LogP contribution is -2.38. The van der Waals surface area contributed by atoms with Crippen molar-refractivity contribution in [2.24, 2.45) is 5.92 Å². The molecule has 0 aliphatic carbocycles. The van der Waals surface area contributed by atoms with Gasteiger partial charge in [-0.1, -0.05) is 36.4 Å². The van der Waals surface area contributed by atoms with Gasteiger partial charge in [-0.3, -0.25) is 0 Å². The van der Waals surface area contributed by atoms with Crippen LogP contribution in [0.4, 0.5) is 0 Å². The first-order valence-corrected chi connectivity index (χ1v) is 14.4. The van der Waals surface area contributed by atoms with E-state index in [1.54, 1.807) is 16.4 Å². The van der Waals surface area contributed by atoms with Gasteiger partial charge in [-0.15, -0.1) is 0 Å². The Morgan fingerprint density at radius 2 is 1.56 bits per heavy atom. The van der Waals surface area contributed by atoms with Gasteiger partial charge in [0.25, 0.3) is 0 Å². The number of piperidine rings is 1. The van der Waals surface area contributed by atoms with E-state index in [1.807, 2.05) is 19.1 Å². The van der Waals surface area contributed by atoms with Crippen LogP contribution in [0.3, 0.4) is 0 Å². The summed E-state index contributed by atoms with van der Waals surface area (Å²) < 4.78 is 33.4. The van der Waals surface area contributed by atoms with Crippen LogP contribution >= 0.6 is 0 Å². The van der Waals surface area contributed by atoms with Gasteiger partial charge in [0, 0.05) is 38.9 Å². The molecule has 0 spiro atoms. The Balaban J connectivity index is 1.32. The minimum absolute atomic E-state index is 0.389. The van der Waals surface area contributed by atoms with Crippen molar-refractivity contribution in [1.82, 2.24) is 9.21 Å². The Kier molecular flexibility index (Phi) is 8.81. The third-order valence-electron chi connectivity index (χ3n) is 7.61. The third kappa shape index (κ3) is 6.28. The van der Waals surface area contributed by atoms with Crippen molar-refractivity contribution in [2.45, 2.75) is 63.3 Å². The lowest BCUT2D eigenvalue weighted by Gasteiger charge is -2.31. The van der Waals surface area contributed by atoms with Crippen LogP contribution in [0, 0.1) is 5.92 Å². The fourth-order valence-corrected chi connectivity index (χ4v) is 6.73. The van der Waals surface area contributed by atoms with Crippen molar-refractivity contribution < 1.29 is 13.2 Å². The number of likely N-dealkylation sites (tertiary alicyclic amines) is 1. The molecule has 5 nitrogen and oxygen atoms in total. The third-order valence-corrected chi connectivity index (χ3v) is 9.52. The van der Waals surface area contributed by atoms with Gasteiger partial charge in [0.15, 0.2) is 0 Å². The molecule has 2 aliphatic heterocycles. The van der Waals surface area contributed by atoms with E-state index in [-0.39, 0.29) is 0 Å². The van der Waals surface area contributed by atoms with E-state index < -0.39 is 10.0 Å². The summed E-state index contributed by atoms with van der Waals surface area (Å²) in [6.07, 6.45) is 6.55. The molecule has 0 bridgehead atoms. The molecule has 0 N–H and O–H groups in total.